The number of aliphatic carboxylic acids is 1. The number of ether oxygens (including phenoxy) is 2. The van der Waals surface area contributed by atoms with Gasteiger partial charge in [-0.3, -0.25) is 14.6 Å². The van der Waals surface area contributed by atoms with Crippen molar-refractivity contribution in [2.75, 3.05) is 19.6 Å². The Morgan fingerprint density at radius 2 is 1.58 bits per heavy atom. The van der Waals surface area contributed by atoms with Gasteiger partial charge in [0, 0.05) is 32.6 Å². The average Bonchev–Trinajstić information content (AvgIpc) is 3.40. The Morgan fingerprint density at radius 3 is 2.28 bits per heavy atom. The Morgan fingerprint density at radius 1 is 0.889 bits per heavy atom. The molecule has 0 radical (unpaired) electrons. The van der Waals surface area contributed by atoms with E-state index in [0.717, 1.165) is 42.4 Å². The lowest BCUT2D eigenvalue weighted by atomic mass is 10.1. The van der Waals surface area contributed by atoms with Crippen molar-refractivity contribution >= 4 is 18.0 Å². The largest absolute Gasteiger partial charge is 0.481 e. The van der Waals surface area contributed by atoms with Gasteiger partial charge in [-0.05, 0) is 48.8 Å². The number of aryl methyl sites for hydroxylation is 1. The molecule has 2 fully saturated rings. The molecule has 2 aromatic rings. The SMILES string of the molecule is O=C(O)CCc1ccc(CN2CCN(C(=O)OCc3ccccc3)C(C(=O)OC3CCCC3)C2)cc1. The van der Waals surface area contributed by atoms with Gasteiger partial charge in [-0.1, -0.05) is 54.6 Å². The van der Waals surface area contributed by atoms with E-state index in [-0.39, 0.29) is 25.1 Å². The molecule has 36 heavy (non-hydrogen) atoms. The number of hydrogen-bond acceptors (Lipinski definition) is 6. The highest BCUT2D eigenvalue weighted by Gasteiger charge is 2.38. The molecule has 1 saturated carbocycles. The number of carbonyl (C=O) groups is 3. The Labute approximate surface area is 211 Å². The molecule has 1 aliphatic heterocycles. The average molecular weight is 495 g/mol. The minimum Gasteiger partial charge on any atom is -0.481 e. The van der Waals surface area contributed by atoms with E-state index < -0.39 is 18.1 Å². The van der Waals surface area contributed by atoms with Gasteiger partial charge in [0.05, 0.1) is 0 Å². The summed E-state index contributed by atoms with van der Waals surface area (Å²) < 4.78 is 11.3. The molecule has 8 nitrogen and oxygen atoms in total. The van der Waals surface area contributed by atoms with Gasteiger partial charge in [-0.2, -0.15) is 0 Å². The summed E-state index contributed by atoms with van der Waals surface area (Å²) in [6, 6.07) is 16.6. The first-order valence-corrected chi connectivity index (χ1v) is 12.7. The van der Waals surface area contributed by atoms with Gasteiger partial charge in [-0.25, -0.2) is 9.59 Å². The van der Waals surface area contributed by atoms with E-state index in [0.29, 0.717) is 32.6 Å². The van der Waals surface area contributed by atoms with Gasteiger partial charge in [0.25, 0.3) is 0 Å². The molecule has 0 bridgehead atoms. The standard InChI is InChI=1S/C28H34N2O6/c31-26(32)15-14-21-10-12-22(13-11-21)18-29-16-17-30(28(34)35-20-23-6-2-1-3-7-23)25(19-29)27(33)36-24-8-4-5-9-24/h1-3,6-7,10-13,24-25H,4-5,8-9,14-20H2,(H,31,32). The number of hydrogen-bond donors (Lipinski definition) is 1. The van der Waals surface area contributed by atoms with Crippen LogP contribution in [0.4, 0.5) is 4.79 Å². The van der Waals surface area contributed by atoms with Crippen LogP contribution in [-0.2, 0) is 38.6 Å². The summed E-state index contributed by atoms with van der Waals surface area (Å²) in [6.45, 7) is 2.12. The second-order valence-electron chi connectivity index (χ2n) is 9.54. The number of carboxylic acids is 1. The minimum absolute atomic E-state index is 0.0755. The van der Waals surface area contributed by atoms with E-state index in [2.05, 4.69) is 4.90 Å². The maximum atomic E-state index is 13.2. The summed E-state index contributed by atoms with van der Waals surface area (Å²) in [5.41, 5.74) is 2.93. The molecule has 1 atom stereocenters. The van der Waals surface area contributed by atoms with Crippen LogP contribution in [0.25, 0.3) is 0 Å². The lowest BCUT2D eigenvalue weighted by Gasteiger charge is -2.39. The van der Waals surface area contributed by atoms with Crippen molar-refractivity contribution in [1.29, 1.82) is 0 Å². The highest BCUT2D eigenvalue weighted by molar-refractivity contribution is 5.82. The number of carboxylic acid groups (broad SMARTS) is 1. The smallest absolute Gasteiger partial charge is 0.410 e. The van der Waals surface area contributed by atoms with Crippen molar-refractivity contribution in [3.63, 3.8) is 0 Å². The number of piperazine rings is 1. The van der Waals surface area contributed by atoms with Crippen LogP contribution >= 0.6 is 0 Å². The van der Waals surface area contributed by atoms with Crippen molar-refractivity contribution < 1.29 is 29.0 Å². The van der Waals surface area contributed by atoms with E-state index in [1.165, 1.54) is 4.90 Å². The normalized spacial score (nSPS) is 18.7. The summed E-state index contributed by atoms with van der Waals surface area (Å²) in [7, 11) is 0. The van der Waals surface area contributed by atoms with Gasteiger partial charge >= 0.3 is 18.0 Å². The van der Waals surface area contributed by atoms with Crippen molar-refractivity contribution in [2.24, 2.45) is 0 Å². The highest BCUT2D eigenvalue weighted by atomic mass is 16.6. The number of nitrogens with zero attached hydrogens (tertiary/aromatic N) is 2. The van der Waals surface area contributed by atoms with Crippen molar-refractivity contribution in [3.05, 3.63) is 71.3 Å². The van der Waals surface area contributed by atoms with Crippen LogP contribution in [0.5, 0.6) is 0 Å². The van der Waals surface area contributed by atoms with Crippen molar-refractivity contribution in [1.82, 2.24) is 9.80 Å². The Kier molecular flexibility index (Phi) is 8.95. The second-order valence-corrected chi connectivity index (χ2v) is 9.54. The molecule has 192 valence electrons. The quantitative estimate of drug-likeness (QED) is 0.526. The molecule has 2 aliphatic rings. The number of carbonyl (C=O) groups excluding carboxylic acids is 2. The van der Waals surface area contributed by atoms with Crippen LogP contribution < -0.4 is 0 Å². The zero-order valence-electron chi connectivity index (χ0n) is 20.5. The second kappa shape index (κ2) is 12.5. The fourth-order valence-corrected chi connectivity index (χ4v) is 4.78. The zero-order chi connectivity index (χ0) is 25.3. The molecular formula is C28H34N2O6. The molecule has 1 heterocycles. The Bertz CT molecular complexity index is 1020. The van der Waals surface area contributed by atoms with Crippen molar-refractivity contribution in [3.8, 4) is 0 Å². The zero-order valence-corrected chi connectivity index (χ0v) is 20.5. The maximum Gasteiger partial charge on any atom is 0.410 e. The van der Waals surface area contributed by atoms with E-state index in [1.54, 1.807) is 0 Å². The van der Waals surface area contributed by atoms with Crippen LogP contribution in [0.3, 0.4) is 0 Å². The first kappa shape index (κ1) is 25.7. The van der Waals surface area contributed by atoms with E-state index in [4.69, 9.17) is 14.6 Å². The van der Waals surface area contributed by atoms with Crippen LogP contribution in [-0.4, -0.2) is 64.7 Å². The molecule has 4 rings (SSSR count). The summed E-state index contributed by atoms with van der Waals surface area (Å²) in [6.07, 6.45) is 3.87. The Hall–Kier alpha value is -3.39. The summed E-state index contributed by atoms with van der Waals surface area (Å²) >= 11 is 0. The predicted molar refractivity (Wildman–Crippen MR) is 133 cm³/mol. The van der Waals surface area contributed by atoms with E-state index >= 15 is 0 Å². The molecule has 1 amide bonds. The molecular weight excluding hydrogens is 460 g/mol. The number of benzene rings is 2. The van der Waals surface area contributed by atoms with E-state index in [9.17, 15) is 14.4 Å². The van der Waals surface area contributed by atoms with Gasteiger partial charge in [0.15, 0.2) is 0 Å². The number of amides is 1. The predicted octanol–water partition coefficient (Wildman–Crippen LogP) is 4.01. The molecule has 1 aliphatic carbocycles. The van der Waals surface area contributed by atoms with Crippen LogP contribution in [0, 0.1) is 0 Å². The third-order valence-corrected chi connectivity index (χ3v) is 6.82. The first-order chi connectivity index (χ1) is 17.5. The molecule has 0 spiro atoms. The molecule has 1 unspecified atom stereocenters. The number of rotatable bonds is 9. The van der Waals surface area contributed by atoms with Crippen LogP contribution in [0.15, 0.2) is 54.6 Å². The summed E-state index contributed by atoms with van der Waals surface area (Å²) in [4.78, 5) is 40.6. The number of esters is 1. The van der Waals surface area contributed by atoms with Crippen molar-refractivity contribution in [2.45, 2.75) is 63.8 Å². The molecule has 8 heteroatoms. The molecule has 1 saturated heterocycles. The third kappa shape index (κ3) is 7.31. The minimum atomic E-state index is -0.810. The molecule has 2 aromatic carbocycles. The first-order valence-electron chi connectivity index (χ1n) is 12.7. The molecule has 1 N–H and O–H groups in total. The van der Waals surface area contributed by atoms with Gasteiger partial charge < -0.3 is 14.6 Å². The molecule has 0 aromatic heterocycles. The topological polar surface area (TPSA) is 96.4 Å². The summed E-state index contributed by atoms with van der Waals surface area (Å²) in [5, 5.41) is 8.88. The van der Waals surface area contributed by atoms with Gasteiger partial charge in [0.1, 0.15) is 18.8 Å². The maximum absolute atomic E-state index is 13.2. The van der Waals surface area contributed by atoms with E-state index in [1.807, 2.05) is 54.6 Å². The fourth-order valence-electron chi connectivity index (χ4n) is 4.78. The van der Waals surface area contributed by atoms with Gasteiger partial charge in [0.2, 0.25) is 0 Å². The Balaban J connectivity index is 1.39. The fraction of sp³-hybridized carbons (Fsp3) is 0.464. The summed E-state index contributed by atoms with van der Waals surface area (Å²) in [5.74, 6) is -1.18. The van der Waals surface area contributed by atoms with Crippen LogP contribution in [0.1, 0.15) is 48.8 Å². The lowest BCUT2D eigenvalue weighted by Crippen LogP contribution is -2.58. The van der Waals surface area contributed by atoms with Crippen LogP contribution in [0.2, 0.25) is 0 Å². The lowest BCUT2D eigenvalue weighted by molar-refractivity contribution is -0.157. The van der Waals surface area contributed by atoms with Gasteiger partial charge in [-0.15, -0.1) is 0 Å². The highest BCUT2D eigenvalue weighted by Crippen LogP contribution is 2.24. The third-order valence-electron chi connectivity index (χ3n) is 6.82. The monoisotopic (exact) mass is 494 g/mol.